The number of likely N-dealkylation sites (tertiary alicyclic amines) is 1. The van der Waals surface area contributed by atoms with Crippen LogP contribution < -0.4 is 4.74 Å². The molecule has 5 rings (SSSR count). The van der Waals surface area contributed by atoms with Crippen molar-refractivity contribution in [3.8, 4) is 5.75 Å². The van der Waals surface area contributed by atoms with Crippen LogP contribution in [0.1, 0.15) is 57.3 Å². The van der Waals surface area contributed by atoms with Crippen LogP contribution in [0, 0.1) is 28.3 Å². The molecule has 0 amide bonds. The standard InChI is InChI=1S/C23H31FN4OS/c1-16(19-13-17-8-9-18(19)12-17)28-22(14-29-21-7-3-2-6-20(21)24)25-27(23(28)30)15-26-10-4-5-11-26/h2-3,6-7,16-19H,4-5,8-15H2,1H3/t16-,17-,18-,19+/m0/s1. The second-order valence-electron chi connectivity index (χ2n) is 9.33. The average Bonchev–Trinajstić information content (AvgIpc) is 3.53. The van der Waals surface area contributed by atoms with Crippen molar-refractivity contribution < 1.29 is 9.13 Å². The molecule has 162 valence electrons. The minimum absolute atomic E-state index is 0.225. The lowest BCUT2D eigenvalue weighted by Gasteiger charge is -2.29. The quantitative estimate of drug-likeness (QED) is 0.567. The van der Waals surface area contributed by atoms with Crippen LogP contribution in [-0.4, -0.2) is 32.3 Å². The van der Waals surface area contributed by atoms with E-state index in [-0.39, 0.29) is 18.2 Å². The average molecular weight is 431 g/mol. The number of hydrogen-bond acceptors (Lipinski definition) is 4. The Labute approximate surface area is 182 Å². The molecule has 2 aliphatic carbocycles. The first kappa shape index (κ1) is 20.2. The van der Waals surface area contributed by atoms with Crippen molar-refractivity contribution >= 4 is 12.2 Å². The van der Waals surface area contributed by atoms with Gasteiger partial charge in [-0.2, -0.15) is 5.10 Å². The van der Waals surface area contributed by atoms with Gasteiger partial charge in [-0.15, -0.1) is 0 Å². The molecule has 0 unspecified atom stereocenters. The van der Waals surface area contributed by atoms with Gasteiger partial charge in [0.05, 0.1) is 6.67 Å². The van der Waals surface area contributed by atoms with Gasteiger partial charge in [0.15, 0.2) is 22.2 Å². The van der Waals surface area contributed by atoms with Crippen LogP contribution in [0.4, 0.5) is 4.39 Å². The molecule has 1 aromatic heterocycles. The lowest BCUT2D eigenvalue weighted by molar-refractivity contribution is 0.221. The van der Waals surface area contributed by atoms with Gasteiger partial charge in [0.1, 0.15) is 6.61 Å². The molecule has 1 saturated heterocycles. The Balaban J connectivity index is 1.42. The predicted octanol–water partition coefficient (Wildman–Crippen LogP) is 5.18. The lowest BCUT2D eigenvalue weighted by atomic mass is 9.84. The first-order chi connectivity index (χ1) is 14.6. The molecule has 5 nitrogen and oxygen atoms in total. The van der Waals surface area contributed by atoms with Crippen LogP contribution in [0.2, 0.25) is 0 Å². The highest BCUT2D eigenvalue weighted by molar-refractivity contribution is 7.71. The van der Waals surface area contributed by atoms with Crippen molar-refractivity contribution in [1.82, 2.24) is 19.2 Å². The maximum Gasteiger partial charge on any atom is 0.199 e. The van der Waals surface area contributed by atoms with Gasteiger partial charge in [-0.25, -0.2) is 9.07 Å². The minimum atomic E-state index is -0.347. The zero-order valence-electron chi connectivity index (χ0n) is 17.7. The summed E-state index contributed by atoms with van der Waals surface area (Å²) in [6.07, 6.45) is 7.86. The summed E-state index contributed by atoms with van der Waals surface area (Å²) in [7, 11) is 0. The molecule has 2 saturated carbocycles. The van der Waals surface area contributed by atoms with E-state index in [1.807, 2.05) is 4.68 Å². The van der Waals surface area contributed by atoms with Crippen molar-refractivity contribution in [1.29, 1.82) is 0 Å². The topological polar surface area (TPSA) is 35.2 Å². The summed E-state index contributed by atoms with van der Waals surface area (Å²) in [6, 6.07) is 6.83. The summed E-state index contributed by atoms with van der Waals surface area (Å²) < 4.78 is 24.8. The molecular formula is C23H31FN4OS. The molecule has 0 radical (unpaired) electrons. The highest BCUT2D eigenvalue weighted by Crippen LogP contribution is 2.52. The molecule has 4 atom stereocenters. The van der Waals surface area contributed by atoms with Crippen molar-refractivity contribution in [2.24, 2.45) is 17.8 Å². The fourth-order valence-electron chi connectivity index (χ4n) is 5.96. The summed E-state index contributed by atoms with van der Waals surface area (Å²) in [5.41, 5.74) is 0. The van der Waals surface area contributed by atoms with Gasteiger partial charge in [-0.1, -0.05) is 18.6 Å². The number of nitrogens with zero attached hydrogens (tertiary/aromatic N) is 4. The molecule has 7 heteroatoms. The molecule has 3 fully saturated rings. The van der Waals surface area contributed by atoms with E-state index in [4.69, 9.17) is 22.1 Å². The molecule has 3 aliphatic rings. The van der Waals surface area contributed by atoms with Gasteiger partial charge < -0.3 is 4.74 Å². The minimum Gasteiger partial charge on any atom is -0.483 e. The van der Waals surface area contributed by atoms with Crippen molar-refractivity contribution in [2.45, 2.75) is 64.8 Å². The predicted molar refractivity (Wildman–Crippen MR) is 116 cm³/mol. The van der Waals surface area contributed by atoms with E-state index in [2.05, 4.69) is 16.4 Å². The molecule has 0 N–H and O–H groups in total. The number of halogens is 1. The smallest absolute Gasteiger partial charge is 0.199 e. The summed E-state index contributed by atoms with van der Waals surface area (Å²) in [5, 5.41) is 4.86. The molecular weight excluding hydrogens is 399 g/mol. The first-order valence-corrected chi connectivity index (χ1v) is 11.8. The normalized spacial score (nSPS) is 27.1. The maximum atomic E-state index is 14.1. The second-order valence-corrected chi connectivity index (χ2v) is 9.70. The SMILES string of the molecule is C[C@@H]([C@H]1C[C@H]2CC[C@H]1C2)n1c(COc2ccccc2F)nn(CN2CCCC2)c1=S. The van der Waals surface area contributed by atoms with Crippen LogP contribution in [-0.2, 0) is 13.3 Å². The monoisotopic (exact) mass is 430 g/mol. The molecule has 0 spiro atoms. The van der Waals surface area contributed by atoms with Gasteiger partial charge >= 0.3 is 0 Å². The fourth-order valence-corrected chi connectivity index (χ4v) is 6.33. The Hall–Kier alpha value is -1.73. The summed E-state index contributed by atoms with van der Waals surface area (Å²) in [5.74, 6) is 3.05. The Kier molecular flexibility index (Phi) is 5.67. The van der Waals surface area contributed by atoms with Crippen molar-refractivity contribution in [3.63, 3.8) is 0 Å². The van der Waals surface area contributed by atoms with Gasteiger partial charge in [0.25, 0.3) is 0 Å². The number of fused-ring (bicyclic) bond motifs is 2. The maximum absolute atomic E-state index is 14.1. The second kappa shape index (κ2) is 8.42. The molecule has 1 aromatic carbocycles. The number of hydrogen-bond donors (Lipinski definition) is 0. The molecule has 2 aromatic rings. The van der Waals surface area contributed by atoms with Gasteiger partial charge in [-0.05, 0) is 94.2 Å². The highest BCUT2D eigenvalue weighted by Gasteiger charge is 2.43. The van der Waals surface area contributed by atoms with Crippen LogP contribution in [0.3, 0.4) is 0 Å². The van der Waals surface area contributed by atoms with Gasteiger partial charge in [0, 0.05) is 6.04 Å². The Morgan fingerprint density at radius 1 is 1.20 bits per heavy atom. The zero-order chi connectivity index (χ0) is 20.7. The number of rotatable bonds is 7. The van der Waals surface area contributed by atoms with Crippen LogP contribution >= 0.6 is 12.2 Å². The number of benzene rings is 1. The van der Waals surface area contributed by atoms with E-state index in [1.54, 1.807) is 18.2 Å². The Morgan fingerprint density at radius 3 is 2.70 bits per heavy atom. The largest absolute Gasteiger partial charge is 0.483 e. The van der Waals surface area contributed by atoms with E-state index in [0.29, 0.717) is 12.0 Å². The number of aromatic nitrogens is 3. The van der Waals surface area contributed by atoms with Gasteiger partial charge in [0.2, 0.25) is 0 Å². The van der Waals surface area contributed by atoms with Crippen LogP contribution in [0.15, 0.2) is 24.3 Å². The van der Waals surface area contributed by atoms with Gasteiger partial charge in [-0.3, -0.25) is 9.47 Å². The fraction of sp³-hybridized carbons (Fsp3) is 0.652. The summed E-state index contributed by atoms with van der Waals surface area (Å²) in [6.45, 7) is 5.43. The molecule has 1 aliphatic heterocycles. The van der Waals surface area contributed by atoms with Crippen LogP contribution in [0.25, 0.3) is 0 Å². The highest BCUT2D eigenvalue weighted by atomic mass is 32.1. The lowest BCUT2D eigenvalue weighted by Crippen LogP contribution is -2.25. The van der Waals surface area contributed by atoms with Crippen LogP contribution in [0.5, 0.6) is 5.75 Å². The number of para-hydroxylation sites is 1. The summed E-state index contributed by atoms with van der Waals surface area (Å²) >= 11 is 5.91. The van der Waals surface area contributed by atoms with E-state index in [0.717, 1.165) is 42.2 Å². The van der Waals surface area contributed by atoms with E-state index in [9.17, 15) is 4.39 Å². The zero-order valence-corrected chi connectivity index (χ0v) is 18.5. The van der Waals surface area contributed by atoms with E-state index in [1.165, 1.54) is 44.6 Å². The molecule has 2 bridgehead atoms. The third-order valence-corrected chi connectivity index (χ3v) is 7.89. The first-order valence-electron chi connectivity index (χ1n) is 11.4. The van der Waals surface area contributed by atoms with E-state index >= 15 is 0 Å². The Morgan fingerprint density at radius 2 is 2.00 bits per heavy atom. The Bertz CT molecular complexity index is 951. The molecule has 30 heavy (non-hydrogen) atoms. The summed E-state index contributed by atoms with van der Waals surface area (Å²) in [4.78, 5) is 2.40. The third kappa shape index (κ3) is 3.82. The van der Waals surface area contributed by atoms with Crippen molar-refractivity contribution in [3.05, 3.63) is 40.7 Å². The molecule has 2 heterocycles. The van der Waals surface area contributed by atoms with E-state index < -0.39 is 0 Å². The third-order valence-electron chi connectivity index (χ3n) is 7.49. The van der Waals surface area contributed by atoms with Crippen molar-refractivity contribution in [2.75, 3.05) is 13.1 Å². The number of ether oxygens (including phenoxy) is 1.